The summed E-state index contributed by atoms with van der Waals surface area (Å²) in [7, 11) is 0. The molecule has 120 valence electrons. The van der Waals surface area contributed by atoms with Crippen molar-refractivity contribution in [1.82, 2.24) is 15.2 Å². The van der Waals surface area contributed by atoms with Crippen LogP contribution in [0.2, 0.25) is 0 Å². The van der Waals surface area contributed by atoms with Crippen LogP contribution >= 0.6 is 0 Å². The number of carbonyl (C=O) groups excluding carboxylic acids is 1. The molecule has 1 amide bonds. The lowest BCUT2D eigenvalue weighted by molar-refractivity contribution is -0.140. The lowest BCUT2D eigenvalue weighted by Crippen LogP contribution is -2.47. The highest BCUT2D eigenvalue weighted by Crippen LogP contribution is 2.31. The number of hydrogen-bond donors (Lipinski definition) is 1. The number of nitrogens with one attached hydrogen (secondary N) is 1. The molecule has 0 spiro atoms. The first-order valence-corrected chi connectivity index (χ1v) is 7.09. The number of fused-ring (bicyclic) bond motifs is 2. The summed E-state index contributed by atoms with van der Waals surface area (Å²) in [5, 5.41) is 2.70. The molecule has 2 bridgehead atoms. The minimum Gasteiger partial charge on any atom is -0.347 e. The first-order chi connectivity index (χ1) is 10.3. The summed E-state index contributed by atoms with van der Waals surface area (Å²) < 4.78 is 51.1. The van der Waals surface area contributed by atoms with E-state index in [2.05, 4.69) is 15.2 Å². The molecule has 2 saturated heterocycles. The summed E-state index contributed by atoms with van der Waals surface area (Å²) in [4.78, 5) is 17.7. The Morgan fingerprint density at radius 1 is 1.36 bits per heavy atom. The Morgan fingerprint density at radius 3 is 2.82 bits per heavy atom. The maximum Gasteiger partial charge on any atom is 0.419 e. The van der Waals surface area contributed by atoms with Crippen LogP contribution in [0.25, 0.3) is 0 Å². The maximum absolute atomic E-state index is 13.2. The summed E-state index contributed by atoms with van der Waals surface area (Å²) >= 11 is 0. The molecule has 3 heterocycles. The normalized spacial score (nSPS) is 27.7. The number of alkyl halides is 3. The third-order valence-electron chi connectivity index (χ3n) is 4.20. The highest BCUT2D eigenvalue weighted by Gasteiger charge is 2.36. The quantitative estimate of drug-likeness (QED) is 0.849. The summed E-state index contributed by atoms with van der Waals surface area (Å²) in [6.07, 6.45) is -2.52. The molecule has 0 aliphatic carbocycles. The fraction of sp³-hybridized carbons (Fsp3) is 0.571. The highest BCUT2D eigenvalue weighted by molar-refractivity contribution is 5.92. The second kappa shape index (κ2) is 5.49. The van der Waals surface area contributed by atoms with Gasteiger partial charge in [0, 0.05) is 19.1 Å². The van der Waals surface area contributed by atoms with Crippen LogP contribution in [0.5, 0.6) is 0 Å². The number of halogens is 4. The van der Waals surface area contributed by atoms with Crippen molar-refractivity contribution in [2.45, 2.75) is 25.1 Å². The minimum atomic E-state index is -4.85. The van der Waals surface area contributed by atoms with Gasteiger partial charge in [0.2, 0.25) is 0 Å². The molecule has 4 nitrogen and oxygen atoms in total. The van der Waals surface area contributed by atoms with Crippen molar-refractivity contribution in [2.24, 2.45) is 5.92 Å². The number of rotatable bonds is 2. The molecular formula is C14H15F4N3O. The van der Waals surface area contributed by atoms with E-state index in [0.29, 0.717) is 24.7 Å². The Labute approximate surface area is 124 Å². The zero-order valence-electron chi connectivity index (χ0n) is 11.7. The van der Waals surface area contributed by atoms with E-state index >= 15 is 0 Å². The molecule has 2 aliphatic rings. The van der Waals surface area contributed by atoms with Crippen LogP contribution in [0.3, 0.4) is 0 Å². The second-order valence-corrected chi connectivity index (χ2v) is 5.87. The Morgan fingerprint density at radius 2 is 2.14 bits per heavy atom. The van der Waals surface area contributed by atoms with Crippen LogP contribution in [0.15, 0.2) is 12.3 Å². The predicted molar refractivity (Wildman–Crippen MR) is 69.6 cm³/mol. The number of aromatic nitrogens is 1. The third-order valence-corrected chi connectivity index (χ3v) is 4.20. The Bertz CT molecular complexity index is 578. The van der Waals surface area contributed by atoms with Crippen molar-refractivity contribution >= 4 is 5.91 Å². The number of carbonyl (C=O) groups is 1. The lowest BCUT2D eigenvalue weighted by atomic mass is 9.97. The van der Waals surface area contributed by atoms with Crippen LogP contribution in [0, 0.1) is 11.7 Å². The molecular weight excluding hydrogens is 302 g/mol. The van der Waals surface area contributed by atoms with Crippen molar-refractivity contribution in [3.63, 3.8) is 0 Å². The molecule has 0 saturated carbocycles. The third kappa shape index (κ3) is 3.06. The Balaban J connectivity index is 1.72. The molecule has 2 aliphatic heterocycles. The average Bonchev–Trinajstić information content (AvgIpc) is 2.77. The van der Waals surface area contributed by atoms with E-state index in [-0.39, 0.29) is 6.04 Å². The van der Waals surface area contributed by atoms with E-state index in [9.17, 15) is 22.4 Å². The molecule has 2 fully saturated rings. The molecule has 0 radical (unpaired) electrons. The summed E-state index contributed by atoms with van der Waals surface area (Å²) in [5.41, 5.74) is -1.89. The van der Waals surface area contributed by atoms with Crippen molar-refractivity contribution in [3.8, 4) is 0 Å². The second-order valence-electron chi connectivity index (χ2n) is 5.87. The topological polar surface area (TPSA) is 45.2 Å². The van der Waals surface area contributed by atoms with Gasteiger partial charge in [0.05, 0.1) is 11.8 Å². The predicted octanol–water partition coefficient (Wildman–Crippen LogP) is 2.06. The fourth-order valence-electron chi connectivity index (χ4n) is 3.20. The van der Waals surface area contributed by atoms with Gasteiger partial charge in [0.1, 0.15) is 5.69 Å². The van der Waals surface area contributed by atoms with E-state index < -0.39 is 29.2 Å². The van der Waals surface area contributed by atoms with E-state index in [1.165, 1.54) is 0 Å². The molecule has 3 rings (SSSR count). The maximum atomic E-state index is 13.2. The van der Waals surface area contributed by atoms with E-state index in [1.807, 2.05) is 0 Å². The zero-order chi connectivity index (χ0) is 15.9. The van der Waals surface area contributed by atoms with Gasteiger partial charge in [0.15, 0.2) is 5.82 Å². The monoisotopic (exact) mass is 317 g/mol. The smallest absolute Gasteiger partial charge is 0.347 e. The number of nitrogens with zero attached hydrogens (tertiary/aromatic N) is 2. The van der Waals surface area contributed by atoms with Gasteiger partial charge in [-0.15, -0.1) is 0 Å². The number of hydrogen-bond acceptors (Lipinski definition) is 3. The van der Waals surface area contributed by atoms with Crippen LogP contribution in [0.1, 0.15) is 28.9 Å². The Kier molecular flexibility index (Phi) is 3.80. The summed E-state index contributed by atoms with van der Waals surface area (Å²) in [6, 6.07) is 0.359. The van der Waals surface area contributed by atoms with Gasteiger partial charge in [-0.2, -0.15) is 13.2 Å². The van der Waals surface area contributed by atoms with Crippen molar-refractivity contribution in [3.05, 3.63) is 29.3 Å². The van der Waals surface area contributed by atoms with Crippen molar-refractivity contribution < 1.29 is 22.4 Å². The van der Waals surface area contributed by atoms with Crippen LogP contribution in [-0.4, -0.2) is 41.5 Å². The van der Waals surface area contributed by atoms with Crippen LogP contribution < -0.4 is 5.32 Å². The van der Waals surface area contributed by atoms with Gasteiger partial charge in [-0.1, -0.05) is 0 Å². The molecule has 1 aromatic heterocycles. The summed E-state index contributed by atoms with van der Waals surface area (Å²) in [5.74, 6) is -1.66. The Hall–Kier alpha value is -1.70. The first kappa shape index (κ1) is 15.2. The molecule has 3 atom stereocenters. The summed E-state index contributed by atoms with van der Waals surface area (Å²) in [6.45, 7) is 2.69. The van der Waals surface area contributed by atoms with Gasteiger partial charge in [0.25, 0.3) is 5.91 Å². The van der Waals surface area contributed by atoms with Gasteiger partial charge >= 0.3 is 6.18 Å². The minimum absolute atomic E-state index is 0.102. The van der Waals surface area contributed by atoms with Gasteiger partial charge < -0.3 is 10.2 Å². The lowest BCUT2D eigenvalue weighted by Gasteiger charge is -2.30. The molecule has 1 aromatic rings. The first-order valence-electron chi connectivity index (χ1n) is 7.09. The largest absolute Gasteiger partial charge is 0.419 e. The number of amides is 1. The zero-order valence-corrected chi connectivity index (χ0v) is 11.7. The molecule has 1 unspecified atom stereocenters. The van der Waals surface area contributed by atoms with Gasteiger partial charge in [-0.25, -0.2) is 9.37 Å². The van der Waals surface area contributed by atoms with Crippen molar-refractivity contribution in [2.75, 3.05) is 19.6 Å². The average molecular weight is 317 g/mol. The molecule has 22 heavy (non-hydrogen) atoms. The number of piperidine rings is 1. The highest BCUT2D eigenvalue weighted by atomic mass is 19.4. The van der Waals surface area contributed by atoms with Crippen molar-refractivity contribution in [1.29, 1.82) is 0 Å². The number of pyridine rings is 1. The fourth-order valence-corrected chi connectivity index (χ4v) is 3.20. The molecule has 0 aromatic carbocycles. The van der Waals surface area contributed by atoms with Crippen LogP contribution in [-0.2, 0) is 6.18 Å². The molecule has 1 N–H and O–H groups in total. The van der Waals surface area contributed by atoms with E-state index in [1.54, 1.807) is 0 Å². The SMILES string of the molecule is O=C(N[C@@H]1C[C@@H]2CCN(C2)C1)c1cc(C(F)(F)F)c(F)cn1. The molecule has 8 heteroatoms. The standard InChI is InChI=1S/C14H15F4N3O/c15-11-5-19-12(4-10(11)14(16,17)18)13(22)20-9-3-8-1-2-21(6-8)7-9/h4-5,8-9H,1-3,6-7H2,(H,20,22)/t8-,9+/m0/s1. The van der Waals surface area contributed by atoms with E-state index in [4.69, 9.17) is 0 Å². The van der Waals surface area contributed by atoms with Gasteiger partial charge in [-0.05, 0) is 31.4 Å². The van der Waals surface area contributed by atoms with E-state index in [0.717, 1.165) is 25.9 Å². The van der Waals surface area contributed by atoms with Crippen LogP contribution in [0.4, 0.5) is 17.6 Å². The van der Waals surface area contributed by atoms with Gasteiger partial charge in [-0.3, -0.25) is 4.79 Å².